The van der Waals surface area contributed by atoms with E-state index in [2.05, 4.69) is 20.4 Å². The van der Waals surface area contributed by atoms with Crippen molar-refractivity contribution in [1.29, 1.82) is 0 Å². The van der Waals surface area contributed by atoms with Gasteiger partial charge in [-0.3, -0.25) is 0 Å². The predicted molar refractivity (Wildman–Crippen MR) is 83.9 cm³/mol. The van der Waals surface area contributed by atoms with Gasteiger partial charge < -0.3 is 15.8 Å². The molecule has 7 nitrogen and oxygen atoms in total. The fraction of sp³-hybridized carbons (Fsp3) is 0.267. The minimum atomic E-state index is 0.247. The van der Waals surface area contributed by atoms with E-state index in [1.165, 1.54) is 0 Å². The summed E-state index contributed by atoms with van der Waals surface area (Å²) in [7, 11) is 0. The molecule has 1 saturated heterocycles. The number of nitrogen functional groups attached to an aromatic ring is 1. The van der Waals surface area contributed by atoms with Crippen molar-refractivity contribution >= 4 is 28.2 Å². The number of nitrogens with zero attached hydrogens (tertiary/aromatic N) is 4. The first-order valence-corrected chi connectivity index (χ1v) is 7.20. The Balaban J connectivity index is 1.70. The van der Waals surface area contributed by atoms with Crippen LogP contribution in [-0.4, -0.2) is 33.0 Å². The molecule has 1 aliphatic rings. The molecule has 0 radical (unpaired) electrons. The van der Waals surface area contributed by atoms with E-state index in [4.69, 9.17) is 10.5 Å². The average molecular weight is 296 g/mol. The van der Waals surface area contributed by atoms with Gasteiger partial charge in [-0.1, -0.05) is 0 Å². The highest BCUT2D eigenvalue weighted by atomic mass is 16.5. The molecular weight excluding hydrogens is 280 g/mol. The standard InChI is InChI=1S/C15H16N6O/c16-10-1-3-11(4-2-10)20-14-13-7-19-21(12-5-6-22-8-12)15(13)18-9-17-14/h1-4,7,9,12H,5-6,8,16H2,(H,17,18,20). The Morgan fingerprint density at radius 1 is 1.23 bits per heavy atom. The van der Waals surface area contributed by atoms with Crippen LogP contribution in [0, 0.1) is 0 Å². The van der Waals surface area contributed by atoms with E-state index in [0.717, 1.165) is 41.3 Å². The van der Waals surface area contributed by atoms with E-state index < -0.39 is 0 Å². The highest BCUT2D eigenvalue weighted by Crippen LogP contribution is 2.27. The molecule has 3 aromatic rings. The van der Waals surface area contributed by atoms with E-state index in [-0.39, 0.29) is 6.04 Å². The molecule has 1 aromatic carbocycles. The molecule has 0 aliphatic carbocycles. The molecule has 7 heteroatoms. The lowest BCUT2D eigenvalue weighted by Crippen LogP contribution is -2.10. The Morgan fingerprint density at radius 3 is 2.86 bits per heavy atom. The zero-order valence-electron chi connectivity index (χ0n) is 11.9. The van der Waals surface area contributed by atoms with Crippen LogP contribution in [0.15, 0.2) is 36.8 Å². The maximum absolute atomic E-state index is 5.71. The van der Waals surface area contributed by atoms with Crippen LogP contribution < -0.4 is 11.1 Å². The maximum atomic E-state index is 5.71. The number of benzene rings is 1. The van der Waals surface area contributed by atoms with Crippen LogP contribution in [0.5, 0.6) is 0 Å². The molecular formula is C15H16N6O. The molecule has 0 spiro atoms. The number of fused-ring (bicyclic) bond motifs is 1. The lowest BCUT2D eigenvalue weighted by molar-refractivity contribution is 0.185. The largest absolute Gasteiger partial charge is 0.399 e. The second-order valence-corrected chi connectivity index (χ2v) is 5.31. The van der Waals surface area contributed by atoms with Crippen molar-refractivity contribution in [1.82, 2.24) is 19.7 Å². The molecule has 2 aromatic heterocycles. The number of rotatable bonds is 3. The van der Waals surface area contributed by atoms with Crippen molar-refractivity contribution in [3.63, 3.8) is 0 Å². The van der Waals surface area contributed by atoms with Gasteiger partial charge in [-0.25, -0.2) is 14.6 Å². The zero-order valence-corrected chi connectivity index (χ0v) is 11.9. The molecule has 1 atom stereocenters. The Kier molecular flexibility index (Phi) is 3.12. The molecule has 0 saturated carbocycles. The van der Waals surface area contributed by atoms with Crippen LogP contribution in [0.3, 0.4) is 0 Å². The number of ether oxygens (including phenoxy) is 1. The average Bonchev–Trinajstić information content (AvgIpc) is 3.18. The summed E-state index contributed by atoms with van der Waals surface area (Å²) in [6, 6.07) is 7.77. The molecule has 0 bridgehead atoms. The van der Waals surface area contributed by atoms with Gasteiger partial charge in [0.25, 0.3) is 0 Å². The van der Waals surface area contributed by atoms with Crippen LogP contribution >= 0.6 is 0 Å². The van der Waals surface area contributed by atoms with Gasteiger partial charge in [0.15, 0.2) is 5.65 Å². The first kappa shape index (κ1) is 13.0. The topological polar surface area (TPSA) is 90.9 Å². The minimum Gasteiger partial charge on any atom is -0.399 e. The molecule has 3 heterocycles. The third kappa shape index (κ3) is 2.25. The van der Waals surface area contributed by atoms with Gasteiger partial charge in [0, 0.05) is 18.0 Å². The zero-order chi connectivity index (χ0) is 14.9. The summed E-state index contributed by atoms with van der Waals surface area (Å²) in [6.07, 6.45) is 4.31. The van der Waals surface area contributed by atoms with Gasteiger partial charge in [0.1, 0.15) is 12.1 Å². The second kappa shape index (κ2) is 5.27. The summed E-state index contributed by atoms with van der Waals surface area (Å²) in [6.45, 7) is 1.45. The summed E-state index contributed by atoms with van der Waals surface area (Å²) in [5.41, 5.74) is 8.18. The Labute approximate surface area is 127 Å². The van der Waals surface area contributed by atoms with Gasteiger partial charge in [0.2, 0.25) is 0 Å². The molecule has 3 N–H and O–H groups in total. The van der Waals surface area contributed by atoms with Crippen molar-refractivity contribution in [3.05, 3.63) is 36.8 Å². The predicted octanol–water partition coefficient (Wildman–Crippen LogP) is 2.11. The number of hydrogen-bond acceptors (Lipinski definition) is 6. The van der Waals surface area contributed by atoms with Crippen molar-refractivity contribution in [3.8, 4) is 0 Å². The molecule has 0 amide bonds. The summed E-state index contributed by atoms with van der Waals surface area (Å²) in [5.74, 6) is 0.736. The number of aromatic nitrogens is 4. The van der Waals surface area contributed by atoms with Crippen molar-refractivity contribution in [2.75, 3.05) is 24.3 Å². The third-order valence-electron chi connectivity index (χ3n) is 3.82. The van der Waals surface area contributed by atoms with Gasteiger partial charge >= 0.3 is 0 Å². The number of hydrogen-bond donors (Lipinski definition) is 2. The Bertz CT molecular complexity index is 791. The second-order valence-electron chi connectivity index (χ2n) is 5.31. The van der Waals surface area contributed by atoms with E-state index in [9.17, 15) is 0 Å². The molecule has 112 valence electrons. The van der Waals surface area contributed by atoms with Gasteiger partial charge in [0.05, 0.1) is 24.2 Å². The monoisotopic (exact) mass is 296 g/mol. The van der Waals surface area contributed by atoms with Crippen LogP contribution in [0.2, 0.25) is 0 Å². The van der Waals surface area contributed by atoms with Crippen molar-refractivity contribution in [2.45, 2.75) is 12.5 Å². The summed E-state index contributed by atoms with van der Waals surface area (Å²) < 4.78 is 7.36. The smallest absolute Gasteiger partial charge is 0.163 e. The van der Waals surface area contributed by atoms with Crippen LogP contribution in [0.1, 0.15) is 12.5 Å². The van der Waals surface area contributed by atoms with E-state index in [0.29, 0.717) is 6.61 Å². The summed E-state index contributed by atoms with van der Waals surface area (Å²) in [4.78, 5) is 8.70. The molecule has 1 aliphatic heterocycles. The fourth-order valence-corrected chi connectivity index (χ4v) is 2.65. The SMILES string of the molecule is Nc1ccc(Nc2ncnc3c2cnn3C2CCOC2)cc1. The fourth-order valence-electron chi connectivity index (χ4n) is 2.65. The van der Waals surface area contributed by atoms with Gasteiger partial charge in [-0.2, -0.15) is 5.10 Å². The molecule has 22 heavy (non-hydrogen) atoms. The molecule has 1 fully saturated rings. The number of nitrogens with one attached hydrogen (secondary N) is 1. The number of nitrogens with two attached hydrogens (primary N) is 1. The quantitative estimate of drug-likeness (QED) is 0.719. The first-order valence-electron chi connectivity index (χ1n) is 7.20. The normalized spacial score (nSPS) is 17.9. The Hall–Kier alpha value is -2.67. The third-order valence-corrected chi connectivity index (χ3v) is 3.82. The van der Waals surface area contributed by atoms with Crippen molar-refractivity contribution < 1.29 is 4.74 Å². The highest BCUT2D eigenvalue weighted by molar-refractivity contribution is 5.88. The first-order chi connectivity index (χ1) is 10.8. The minimum absolute atomic E-state index is 0.247. The van der Waals surface area contributed by atoms with E-state index in [1.54, 1.807) is 12.5 Å². The van der Waals surface area contributed by atoms with Crippen LogP contribution in [0.25, 0.3) is 11.0 Å². The lowest BCUT2D eigenvalue weighted by atomic mass is 10.2. The van der Waals surface area contributed by atoms with E-state index >= 15 is 0 Å². The number of anilines is 3. The summed E-state index contributed by atoms with van der Waals surface area (Å²) in [5, 5.41) is 8.65. The highest BCUT2D eigenvalue weighted by Gasteiger charge is 2.21. The Morgan fingerprint density at radius 2 is 2.09 bits per heavy atom. The lowest BCUT2D eigenvalue weighted by Gasteiger charge is -2.10. The maximum Gasteiger partial charge on any atom is 0.163 e. The van der Waals surface area contributed by atoms with Crippen LogP contribution in [-0.2, 0) is 4.74 Å². The van der Waals surface area contributed by atoms with E-state index in [1.807, 2.05) is 28.9 Å². The molecule has 4 rings (SSSR count). The summed E-state index contributed by atoms with van der Waals surface area (Å²) >= 11 is 0. The van der Waals surface area contributed by atoms with Gasteiger partial charge in [-0.05, 0) is 30.7 Å². The van der Waals surface area contributed by atoms with Gasteiger partial charge in [-0.15, -0.1) is 0 Å². The molecule has 1 unspecified atom stereocenters. The van der Waals surface area contributed by atoms with Crippen LogP contribution in [0.4, 0.5) is 17.2 Å². The van der Waals surface area contributed by atoms with Crippen molar-refractivity contribution in [2.24, 2.45) is 0 Å².